The van der Waals surface area contributed by atoms with Crippen LogP contribution in [0.2, 0.25) is 0 Å². The van der Waals surface area contributed by atoms with Crippen LogP contribution in [0.15, 0.2) is 12.3 Å². The van der Waals surface area contributed by atoms with Crippen molar-refractivity contribution in [3.8, 4) is 0 Å². The van der Waals surface area contributed by atoms with E-state index in [2.05, 4.69) is 15.7 Å². The molecule has 2 saturated carbocycles. The van der Waals surface area contributed by atoms with Gasteiger partial charge in [0.1, 0.15) is 5.69 Å². The standard InChI is InChI=1S/C22H33N5O3/c1-2-27-19(9-10-23-27)22(30)26-13-16-11-15(12-18(16)25-20(28)14-26)21(29)24-17-7-5-3-4-6-8-17/h9-10,15-18H,2-8,11-14H2,1H3,(H,24,29)(H,25,28)/t15-,16+,18+/m0/s1. The van der Waals surface area contributed by atoms with Crippen molar-refractivity contribution in [1.29, 1.82) is 0 Å². The Morgan fingerprint density at radius 1 is 1.20 bits per heavy atom. The fourth-order valence-corrected chi connectivity index (χ4v) is 5.32. The minimum atomic E-state index is -0.170. The molecule has 4 rings (SSSR count). The zero-order valence-corrected chi connectivity index (χ0v) is 17.8. The van der Waals surface area contributed by atoms with E-state index in [0.717, 1.165) is 12.8 Å². The summed E-state index contributed by atoms with van der Waals surface area (Å²) in [5, 5.41) is 10.5. The summed E-state index contributed by atoms with van der Waals surface area (Å²) in [6.45, 7) is 3.08. The number of carbonyl (C=O) groups excluding carboxylic acids is 3. The summed E-state index contributed by atoms with van der Waals surface area (Å²) in [5.41, 5.74) is 0.504. The van der Waals surface area contributed by atoms with E-state index in [4.69, 9.17) is 0 Å². The number of fused-ring (bicyclic) bond motifs is 1. The predicted octanol–water partition coefficient (Wildman–Crippen LogP) is 1.71. The second kappa shape index (κ2) is 9.18. The lowest BCUT2D eigenvalue weighted by atomic mass is 10.0. The van der Waals surface area contributed by atoms with Crippen molar-refractivity contribution in [3.05, 3.63) is 18.0 Å². The Morgan fingerprint density at radius 2 is 1.97 bits per heavy atom. The van der Waals surface area contributed by atoms with E-state index in [9.17, 15) is 14.4 Å². The average Bonchev–Trinajstić information content (AvgIpc) is 3.23. The van der Waals surface area contributed by atoms with Crippen molar-refractivity contribution in [2.24, 2.45) is 11.8 Å². The molecule has 3 aliphatic rings. The third-order valence-corrected chi connectivity index (χ3v) is 6.93. The molecule has 3 atom stereocenters. The zero-order chi connectivity index (χ0) is 21.1. The lowest BCUT2D eigenvalue weighted by Crippen LogP contribution is -2.41. The monoisotopic (exact) mass is 415 g/mol. The topological polar surface area (TPSA) is 96.3 Å². The lowest BCUT2D eigenvalue weighted by Gasteiger charge is -2.23. The van der Waals surface area contributed by atoms with E-state index in [0.29, 0.717) is 31.6 Å². The summed E-state index contributed by atoms with van der Waals surface area (Å²) < 4.78 is 1.65. The SMILES string of the molecule is CCn1nccc1C(=O)N1CC(=O)N[C@@H]2C[C@@H](C(=O)NC3CCCCCC3)C[C@@H]2C1. The molecule has 0 radical (unpaired) electrons. The number of hydrogen-bond acceptors (Lipinski definition) is 4. The molecule has 2 heterocycles. The first-order valence-electron chi connectivity index (χ1n) is 11.5. The highest BCUT2D eigenvalue weighted by Gasteiger charge is 2.42. The van der Waals surface area contributed by atoms with Crippen molar-refractivity contribution in [1.82, 2.24) is 25.3 Å². The first-order valence-corrected chi connectivity index (χ1v) is 11.5. The molecular weight excluding hydrogens is 382 g/mol. The molecule has 1 aromatic heterocycles. The molecule has 2 N–H and O–H groups in total. The molecule has 1 aliphatic heterocycles. The predicted molar refractivity (Wildman–Crippen MR) is 112 cm³/mol. The molecule has 30 heavy (non-hydrogen) atoms. The van der Waals surface area contributed by atoms with Crippen molar-refractivity contribution >= 4 is 17.7 Å². The molecule has 164 valence electrons. The molecule has 1 saturated heterocycles. The summed E-state index contributed by atoms with van der Waals surface area (Å²) in [4.78, 5) is 40.0. The molecule has 8 heteroatoms. The van der Waals surface area contributed by atoms with Gasteiger partial charge in [-0.25, -0.2) is 0 Å². The Labute approximate surface area is 177 Å². The summed E-state index contributed by atoms with van der Waals surface area (Å²) >= 11 is 0. The summed E-state index contributed by atoms with van der Waals surface area (Å²) in [7, 11) is 0. The van der Waals surface area contributed by atoms with Crippen LogP contribution in [-0.4, -0.2) is 57.6 Å². The second-order valence-corrected chi connectivity index (χ2v) is 9.02. The Morgan fingerprint density at radius 3 is 2.70 bits per heavy atom. The van der Waals surface area contributed by atoms with E-state index in [1.807, 2.05) is 6.92 Å². The smallest absolute Gasteiger partial charge is 0.272 e. The van der Waals surface area contributed by atoms with Gasteiger partial charge in [0.2, 0.25) is 11.8 Å². The highest BCUT2D eigenvalue weighted by Crippen LogP contribution is 2.34. The van der Waals surface area contributed by atoms with Crippen LogP contribution in [0.25, 0.3) is 0 Å². The normalized spacial score (nSPS) is 27.7. The van der Waals surface area contributed by atoms with E-state index < -0.39 is 0 Å². The number of carbonyl (C=O) groups is 3. The number of aromatic nitrogens is 2. The molecule has 0 unspecified atom stereocenters. The van der Waals surface area contributed by atoms with E-state index in [-0.39, 0.29) is 48.2 Å². The van der Waals surface area contributed by atoms with E-state index >= 15 is 0 Å². The minimum Gasteiger partial charge on any atom is -0.353 e. The number of aryl methyl sites for hydroxylation is 1. The fourth-order valence-electron chi connectivity index (χ4n) is 5.32. The van der Waals surface area contributed by atoms with E-state index in [1.54, 1.807) is 21.8 Å². The molecule has 3 amide bonds. The maximum Gasteiger partial charge on any atom is 0.272 e. The van der Waals surface area contributed by atoms with Crippen molar-refractivity contribution in [3.63, 3.8) is 0 Å². The number of nitrogens with one attached hydrogen (secondary N) is 2. The van der Waals surface area contributed by atoms with Crippen LogP contribution in [0.4, 0.5) is 0 Å². The van der Waals surface area contributed by atoms with Gasteiger partial charge in [-0.2, -0.15) is 5.10 Å². The third kappa shape index (κ3) is 4.52. The van der Waals surface area contributed by atoms with Gasteiger partial charge in [0.05, 0.1) is 6.54 Å². The van der Waals surface area contributed by atoms with Crippen LogP contribution in [-0.2, 0) is 16.1 Å². The van der Waals surface area contributed by atoms with Gasteiger partial charge in [0.15, 0.2) is 0 Å². The molecule has 0 aromatic carbocycles. The van der Waals surface area contributed by atoms with Gasteiger partial charge in [-0.15, -0.1) is 0 Å². The Kier molecular flexibility index (Phi) is 6.39. The van der Waals surface area contributed by atoms with Crippen LogP contribution in [0.3, 0.4) is 0 Å². The average molecular weight is 416 g/mol. The van der Waals surface area contributed by atoms with Crippen LogP contribution >= 0.6 is 0 Å². The second-order valence-electron chi connectivity index (χ2n) is 9.02. The van der Waals surface area contributed by atoms with Gasteiger partial charge in [-0.1, -0.05) is 25.7 Å². The number of rotatable bonds is 4. The van der Waals surface area contributed by atoms with Gasteiger partial charge >= 0.3 is 0 Å². The molecule has 2 aliphatic carbocycles. The van der Waals surface area contributed by atoms with Gasteiger partial charge < -0.3 is 15.5 Å². The summed E-state index contributed by atoms with van der Waals surface area (Å²) in [5.74, 6) is -0.200. The highest BCUT2D eigenvalue weighted by molar-refractivity contribution is 5.95. The maximum absolute atomic E-state index is 13.0. The zero-order valence-electron chi connectivity index (χ0n) is 17.8. The van der Waals surface area contributed by atoms with Gasteiger partial charge in [-0.3, -0.25) is 19.1 Å². The molecule has 0 spiro atoms. The lowest BCUT2D eigenvalue weighted by molar-refractivity contribution is -0.126. The molecule has 0 bridgehead atoms. The van der Waals surface area contributed by atoms with Crippen molar-refractivity contribution < 1.29 is 14.4 Å². The van der Waals surface area contributed by atoms with Crippen LogP contribution in [0.5, 0.6) is 0 Å². The maximum atomic E-state index is 13.0. The number of hydrogen-bond donors (Lipinski definition) is 2. The van der Waals surface area contributed by atoms with E-state index in [1.165, 1.54) is 25.7 Å². The first kappa shape index (κ1) is 20.9. The summed E-state index contributed by atoms with van der Waals surface area (Å²) in [6, 6.07) is 1.94. The van der Waals surface area contributed by atoms with Crippen LogP contribution in [0, 0.1) is 11.8 Å². The summed E-state index contributed by atoms with van der Waals surface area (Å²) in [6.07, 6.45) is 9.99. The Balaban J connectivity index is 1.40. The number of amides is 3. The van der Waals surface area contributed by atoms with Crippen molar-refractivity contribution in [2.75, 3.05) is 13.1 Å². The number of nitrogens with zero attached hydrogens (tertiary/aromatic N) is 3. The van der Waals surface area contributed by atoms with Gasteiger partial charge in [0, 0.05) is 37.3 Å². The third-order valence-electron chi connectivity index (χ3n) is 6.93. The van der Waals surface area contributed by atoms with Gasteiger partial charge in [-0.05, 0) is 44.6 Å². The molecule has 3 fully saturated rings. The first-order chi connectivity index (χ1) is 14.5. The highest BCUT2D eigenvalue weighted by atomic mass is 16.2. The molecular formula is C22H33N5O3. The molecule has 8 nitrogen and oxygen atoms in total. The van der Waals surface area contributed by atoms with Gasteiger partial charge in [0.25, 0.3) is 5.91 Å². The minimum absolute atomic E-state index is 0.0451. The quantitative estimate of drug-likeness (QED) is 0.732. The van der Waals surface area contributed by atoms with Crippen molar-refractivity contribution in [2.45, 2.75) is 76.9 Å². The Bertz CT molecular complexity index is 783. The Hall–Kier alpha value is -2.38. The van der Waals surface area contributed by atoms with Crippen LogP contribution < -0.4 is 10.6 Å². The molecule has 1 aromatic rings. The van der Waals surface area contributed by atoms with Crippen LogP contribution in [0.1, 0.15) is 68.8 Å². The fraction of sp³-hybridized carbons (Fsp3) is 0.727. The largest absolute Gasteiger partial charge is 0.353 e.